The molecule has 184 valence electrons. The summed E-state index contributed by atoms with van der Waals surface area (Å²) >= 11 is 13.8. The van der Waals surface area contributed by atoms with Crippen molar-refractivity contribution in [3.8, 4) is 0 Å². The summed E-state index contributed by atoms with van der Waals surface area (Å²) in [5, 5.41) is 4.28. The smallest absolute Gasteiger partial charge is 0.243 e. The molecule has 3 aromatic carbocycles. The first-order valence-electron chi connectivity index (χ1n) is 11.6. The van der Waals surface area contributed by atoms with Gasteiger partial charge in [-0.2, -0.15) is 0 Å². The molecule has 2 amide bonds. The number of nitrogens with one attached hydrogen (secondary N) is 1. The van der Waals surface area contributed by atoms with Gasteiger partial charge in [-0.15, -0.1) is 11.8 Å². The van der Waals surface area contributed by atoms with Crippen LogP contribution < -0.4 is 5.32 Å². The van der Waals surface area contributed by atoms with Gasteiger partial charge in [0.05, 0.1) is 0 Å². The van der Waals surface area contributed by atoms with Crippen molar-refractivity contribution in [3.05, 3.63) is 100 Å². The highest BCUT2D eigenvalue weighted by atomic mass is 35.5. The van der Waals surface area contributed by atoms with Crippen LogP contribution >= 0.6 is 35.0 Å². The molecule has 0 heterocycles. The number of rotatable bonds is 11. The molecule has 0 aliphatic carbocycles. The molecule has 0 saturated carbocycles. The van der Waals surface area contributed by atoms with Crippen LogP contribution in [-0.2, 0) is 22.6 Å². The third-order valence-corrected chi connectivity index (χ3v) is 6.84. The Morgan fingerprint density at radius 1 is 0.886 bits per heavy atom. The lowest BCUT2D eigenvalue weighted by molar-refractivity contribution is -0.141. The van der Waals surface area contributed by atoms with Gasteiger partial charge in [0.2, 0.25) is 11.8 Å². The SMILES string of the molecule is CC(C)NC(=O)[C@H](Cc1ccccc1)N(Cc1cccc(Cl)c1)C(=O)CCSc1ccc(Cl)cc1. The predicted molar refractivity (Wildman–Crippen MR) is 146 cm³/mol. The van der Waals surface area contributed by atoms with Gasteiger partial charge in [0.15, 0.2) is 0 Å². The monoisotopic (exact) mass is 528 g/mol. The van der Waals surface area contributed by atoms with Gasteiger partial charge in [-0.05, 0) is 61.4 Å². The van der Waals surface area contributed by atoms with Crippen LogP contribution in [0, 0.1) is 0 Å². The fraction of sp³-hybridized carbons (Fsp3) is 0.286. The minimum absolute atomic E-state index is 0.0376. The number of hydrogen-bond donors (Lipinski definition) is 1. The van der Waals surface area contributed by atoms with E-state index in [4.69, 9.17) is 23.2 Å². The van der Waals surface area contributed by atoms with Crippen LogP contribution in [0.2, 0.25) is 10.0 Å². The number of carbonyl (C=O) groups is 2. The molecule has 0 saturated heterocycles. The summed E-state index contributed by atoms with van der Waals surface area (Å²) in [6, 6.07) is 24.1. The number of amides is 2. The lowest BCUT2D eigenvalue weighted by atomic mass is 10.0. The summed E-state index contributed by atoms with van der Waals surface area (Å²) in [6.45, 7) is 4.14. The highest BCUT2D eigenvalue weighted by molar-refractivity contribution is 7.99. The van der Waals surface area contributed by atoms with Crippen LogP contribution in [0.4, 0.5) is 0 Å². The minimum atomic E-state index is -0.646. The first-order chi connectivity index (χ1) is 16.8. The average molecular weight is 530 g/mol. The number of benzene rings is 3. The van der Waals surface area contributed by atoms with Crippen molar-refractivity contribution in [2.24, 2.45) is 0 Å². The summed E-state index contributed by atoms with van der Waals surface area (Å²) in [7, 11) is 0. The van der Waals surface area contributed by atoms with Crippen LogP contribution in [0.5, 0.6) is 0 Å². The van der Waals surface area contributed by atoms with Gasteiger partial charge >= 0.3 is 0 Å². The Kier molecular flexibility index (Phi) is 10.5. The molecule has 0 spiro atoms. The van der Waals surface area contributed by atoms with Gasteiger partial charge in [-0.25, -0.2) is 0 Å². The molecule has 1 N–H and O–H groups in total. The summed E-state index contributed by atoms with van der Waals surface area (Å²) in [6.07, 6.45) is 0.726. The second-order valence-electron chi connectivity index (χ2n) is 8.57. The molecule has 4 nitrogen and oxygen atoms in total. The van der Waals surface area contributed by atoms with Crippen molar-refractivity contribution >= 4 is 46.8 Å². The average Bonchev–Trinajstić information content (AvgIpc) is 2.82. The Morgan fingerprint density at radius 2 is 1.57 bits per heavy atom. The van der Waals surface area contributed by atoms with Gasteiger partial charge in [-0.1, -0.05) is 65.7 Å². The third kappa shape index (κ3) is 8.92. The lowest BCUT2D eigenvalue weighted by Gasteiger charge is -2.32. The van der Waals surface area contributed by atoms with E-state index in [1.165, 1.54) is 0 Å². The number of carbonyl (C=O) groups excluding carboxylic acids is 2. The van der Waals surface area contributed by atoms with E-state index >= 15 is 0 Å². The van der Waals surface area contributed by atoms with Gasteiger partial charge in [0, 0.05) is 46.1 Å². The normalized spacial score (nSPS) is 11.8. The first kappa shape index (κ1) is 27.1. The molecule has 1 atom stereocenters. The van der Waals surface area contributed by atoms with E-state index in [1.54, 1.807) is 22.7 Å². The fourth-order valence-corrected chi connectivity index (χ4v) is 4.88. The van der Waals surface area contributed by atoms with Crippen LogP contribution in [0.15, 0.2) is 83.8 Å². The molecule has 0 aromatic heterocycles. The molecule has 3 rings (SSSR count). The van der Waals surface area contributed by atoms with Gasteiger partial charge in [0.1, 0.15) is 6.04 Å². The fourth-order valence-electron chi connectivity index (χ4n) is 3.70. The van der Waals surface area contributed by atoms with Crippen molar-refractivity contribution in [3.63, 3.8) is 0 Å². The predicted octanol–water partition coefficient (Wildman–Crippen LogP) is 6.64. The maximum Gasteiger partial charge on any atom is 0.243 e. The maximum absolute atomic E-state index is 13.6. The highest BCUT2D eigenvalue weighted by Gasteiger charge is 2.30. The first-order valence-corrected chi connectivity index (χ1v) is 13.3. The number of hydrogen-bond acceptors (Lipinski definition) is 3. The van der Waals surface area contributed by atoms with Gasteiger partial charge in [0.25, 0.3) is 0 Å². The zero-order chi connectivity index (χ0) is 25.2. The third-order valence-electron chi connectivity index (χ3n) is 5.34. The second-order valence-corrected chi connectivity index (χ2v) is 10.6. The van der Waals surface area contributed by atoms with Crippen LogP contribution in [0.3, 0.4) is 0 Å². The molecule has 0 radical (unpaired) electrons. The van der Waals surface area contributed by atoms with Crippen LogP contribution in [-0.4, -0.2) is 34.6 Å². The topological polar surface area (TPSA) is 49.4 Å². The summed E-state index contributed by atoms with van der Waals surface area (Å²) in [4.78, 5) is 29.7. The van der Waals surface area contributed by atoms with Crippen molar-refractivity contribution < 1.29 is 9.59 Å². The van der Waals surface area contributed by atoms with Crippen molar-refractivity contribution in [1.29, 1.82) is 0 Å². The maximum atomic E-state index is 13.6. The van der Waals surface area contributed by atoms with Crippen LogP contribution in [0.1, 0.15) is 31.4 Å². The van der Waals surface area contributed by atoms with Gasteiger partial charge in [-0.3, -0.25) is 9.59 Å². The zero-order valence-electron chi connectivity index (χ0n) is 19.9. The molecule has 0 fully saturated rings. The summed E-state index contributed by atoms with van der Waals surface area (Å²) < 4.78 is 0. The van der Waals surface area contributed by atoms with Crippen molar-refractivity contribution in [2.75, 3.05) is 5.75 Å². The Labute approximate surface area is 222 Å². The van der Waals surface area contributed by atoms with Gasteiger partial charge < -0.3 is 10.2 Å². The molecule has 0 aliphatic rings. The summed E-state index contributed by atoms with van der Waals surface area (Å²) in [5.74, 6) is 0.354. The Morgan fingerprint density at radius 3 is 2.23 bits per heavy atom. The van der Waals surface area contributed by atoms with Crippen molar-refractivity contribution in [2.45, 2.75) is 50.2 Å². The van der Waals surface area contributed by atoms with E-state index in [1.807, 2.05) is 86.6 Å². The number of thioether (sulfide) groups is 1. The number of halogens is 2. The molecular formula is C28H30Cl2N2O2S. The van der Waals surface area contributed by atoms with E-state index in [-0.39, 0.29) is 17.9 Å². The molecule has 3 aromatic rings. The Balaban J connectivity index is 1.84. The van der Waals surface area contributed by atoms with E-state index in [0.717, 1.165) is 16.0 Å². The second kappa shape index (κ2) is 13.6. The molecule has 0 bridgehead atoms. The Hall–Kier alpha value is -2.47. The van der Waals surface area contributed by atoms with E-state index in [9.17, 15) is 9.59 Å². The van der Waals surface area contributed by atoms with Crippen molar-refractivity contribution in [1.82, 2.24) is 10.2 Å². The van der Waals surface area contributed by atoms with E-state index in [0.29, 0.717) is 35.2 Å². The lowest BCUT2D eigenvalue weighted by Crippen LogP contribution is -2.51. The Bertz CT molecular complexity index is 1110. The number of nitrogens with zero attached hydrogens (tertiary/aromatic N) is 1. The molecule has 0 aliphatic heterocycles. The zero-order valence-corrected chi connectivity index (χ0v) is 22.2. The quantitative estimate of drug-likeness (QED) is 0.283. The van der Waals surface area contributed by atoms with E-state index in [2.05, 4.69) is 5.32 Å². The highest BCUT2D eigenvalue weighted by Crippen LogP contribution is 2.23. The standard InChI is InChI=1S/C28H30Cl2N2O2S/c1-20(2)31-28(34)26(18-21-7-4-3-5-8-21)32(19-22-9-6-10-24(30)17-22)27(33)15-16-35-25-13-11-23(29)12-14-25/h3-14,17,20,26H,15-16,18-19H2,1-2H3,(H,31,34)/t26-/m0/s1. The summed E-state index contributed by atoms with van der Waals surface area (Å²) in [5.41, 5.74) is 1.88. The van der Waals surface area contributed by atoms with E-state index < -0.39 is 6.04 Å². The largest absolute Gasteiger partial charge is 0.352 e. The minimum Gasteiger partial charge on any atom is -0.352 e. The molecular weight excluding hydrogens is 499 g/mol. The molecule has 35 heavy (non-hydrogen) atoms. The van der Waals surface area contributed by atoms with Crippen LogP contribution in [0.25, 0.3) is 0 Å². The molecule has 0 unspecified atom stereocenters. The molecule has 7 heteroatoms.